The highest BCUT2D eigenvalue weighted by Crippen LogP contribution is 2.52. The maximum Gasteiger partial charge on any atom is 0.137 e. The molecule has 6 heteroatoms. The number of nitrogens with zero attached hydrogens (tertiary/aromatic N) is 3. The lowest BCUT2D eigenvalue weighted by molar-refractivity contribution is -0.0891. The third-order valence-corrected chi connectivity index (χ3v) is 6.13. The quantitative estimate of drug-likeness (QED) is 0.836. The molecule has 3 unspecified atom stereocenters. The molecular weight excluding hydrogens is 333 g/mol. The molecule has 1 fully saturated rings. The van der Waals surface area contributed by atoms with E-state index in [0.29, 0.717) is 12.4 Å². The molecule has 0 spiro atoms. The topological polar surface area (TPSA) is 50.9 Å². The second kappa shape index (κ2) is 6.42. The third-order valence-electron chi connectivity index (χ3n) is 5.30. The predicted molar refractivity (Wildman–Crippen MR) is 91.7 cm³/mol. The number of benzene rings is 1. The Balaban J connectivity index is 1.88. The van der Waals surface area contributed by atoms with Gasteiger partial charge in [-0.2, -0.15) is 5.10 Å². The molecule has 1 aromatic carbocycles. The second-order valence-corrected chi connectivity index (χ2v) is 7.48. The fraction of sp³-hybridized carbons (Fsp3) is 0.529. The molecule has 1 aromatic heterocycles. The molecule has 1 aliphatic carbocycles. The van der Waals surface area contributed by atoms with E-state index in [-0.39, 0.29) is 11.3 Å². The number of aromatic nitrogens is 3. The fourth-order valence-electron chi connectivity index (χ4n) is 3.72. The Morgan fingerprint density at radius 2 is 2.26 bits per heavy atom. The highest BCUT2D eigenvalue weighted by molar-refractivity contribution is 6.30. The van der Waals surface area contributed by atoms with E-state index in [1.807, 2.05) is 18.2 Å². The van der Waals surface area contributed by atoms with E-state index in [1.165, 1.54) is 6.33 Å². The van der Waals surface area contributed by atoms with Crippen LogP contribution in [-0.4, -0.2) is 31.4 Å². The first-order valence-electron chi connectivity index (χ1n) is 7.82. The summed E-state index contributed by atoms with van der Waals surface area (Å²) in [6.07, 6.45) is 5.73. The molecule has 4 nitrogen and oxygen atoms in total. The Hall–Kier alpha value is -1.10. The fourth-order valence-corrected chi connectivity index (χ4v) is 4.30. The van der Waals surface area contributed by atoms with Gasteiger partial charge in [-0.15, -0.1) is 11.6 Å². The second-order valence-electron chi connectivity index (χ2n) is 6.78. The number of hydrogen-bond acceptors (Lipinski definition) is 3. The number of aliphatic hydroxyl groups is 1. The van der Waals surface area contributed by atoms with Crippen LogP contribution >= 0.6 is 23.2 Å². The molecule has 0 saturated heterocycles. The van der Waals surface area contributed by atoms with Gasteiger partial charge in [0.2, 0.25) is 0 Å². The molecule has 2 aromatic rings. The van der Waals surface area contributed by atoms with E-state index in [2.05, 4.69) is 23.1 Å². The van der Waals surface area contributed by atoms with Crippen LogP contribution in [0, 0.1) is 11.3 Å². The average Bonchev–Trinajstić information content (AvgIpc) is 3.10. The van der Waals surface area contributed by atoms with E-state index in [1.54, 1.807) is 11.0 Å². The minimum atomic E-state index is -0.926. The van der Waals surface area contributed by atoms with Gasteiger partial charge < -0.3 is 5.11 Å². The highest BCUT2D eigenvalue weighted by Gasteiger charge is 2.56. The van der Waals surface area contributed by atoms with Gasteiger partial charge in [-0.25, -0.2) is 4.98 Å². The summed E-state index contributed by atoms with van der Waals surface area (Å²) in [4.78, 5) is 3.98. The molecule has 23 heavy (non-hydrogen) atoms. The molecule has 1 aliphatic rings. The smallest absolute Gasteiger partial charge is 0.137 e. The van der Waals surface area contributed by atoms with Crippen molar-refractivity contribution in [3.8, 4) is 0 Å². The van der Waals surface area contributed by atoms with E-state index in [0.717, 1.165) is 29.8 Å². The molecule has 0 bridgehead atoms. The first-order valence-corrected chi connectivity index (χ1v) is 8.73. The molecule has 0 aliphatic heterocycles. The van der Waals surface area contributed by atoms with Crippen LogP contribution in [0.1, 0.15) is 25.3 Å². The van der Waals surface area contributed by atoms with Crippen molar-refractivity contribution in [1.29, 1.82) is 0 Å². The van der Waals surface area contributed by atoms with Crippen LogP contribution in [0.25, 0.3) is 0 Å². The van der Waals surface area contributed by atoms with Crippen molar-refractivity contribution in [2.45, 2.75) is 38.3 Å². The summed E-state index contributed by atoms with van der Waals surface area (Å²) in [5.74, 6) is 0.526. The summed E-state index contributed by atoms with van der Waals surface area (Å²) >= 11 is 12.3. The van der Waals surface area contributed by atoms with Crippen molar-refractivity contribution in [1.82, 2.24) is 14.8 Å². The largest absolute Gasteiger partial charge is 0.387 e. The number of hydrogen-bond donors (Lipinski definition) is 1. The van der Waals surface area contributed by atoms with Crippen LogP contribution in [0.5, 0.6) is 0 Å². The molecule has 3 rings (SSSR count). The van der Waals surface area contributed by atoms with Crippen LogP contribution in [0.2, 0.25) is 5.02 Å². The maximum absolute atomic E-state index is 11.6. The molecule has 1 saturated carbocycles. The van der Waals surface area contributed by atoms with E-state index in [4.69, 9.17) is 23.2 Å². The summed E-state index contributed by atoms with van der Waals surface area (Å²) < 4.78 is 1.70. The monoisotopic (exact) mass is 353 g/mol. The van der Waals surface area contributed by atoms with Crippen molar-refractivity contribution in [3.63, 3.8) is 0 Å². The zero-order valence-corrected chi connectivity index (χ0v) is 14.6. The minimum absolute atomic E-state index is 0.105. The zero-order valence-electron chi connectivity index (χ0n) is 13.1. The lowest BCUT2D eigenvalue weighted by atomic mass is 9.72. The average molecular weight is 354 g/mol. The Morgan fingerprint density at radius 3 is 2.91 bits per heavy atom. The molecular formula is C17H21Cl2N3O. The molecule has 3 atom stereocenters. The Bertz CT molecular complexity index is 664. The Kier molecular flexibility index (Phi) is 4.68. The van der Waals surface area contributed by atoms with Gasteiger partial charge in [0.1, 0.15) is 12.7 Å². The molecule has 0 amide bonds. The van der Waals surface area contributed by atoms with Gasteiger partial charge >= 0.3 is 0 Å². The van der Waals surface area contributed by atoms with Crippen molar-refractivity contribution in [2.24, 2.45) is 11.3 Å². The lowest BCUT2D eigenvalue weighted by Gasteiger charge is -2.42. The van der Waals surface area contributed by atoms with Crippen LogP contribution in [0.3, 0.4) is 0 Å². The number of alkyl halides is 1. The Labute approximate surface area is 146 Å². The molecule has 124 valence electrons. The summed E-state index contributed by atoms with van der Waals surface area (Å²) in [5, 5.41) is 16.5. The van der Waals surface area contributed by atoms with Gasteiger partial charge in [0.05, 0.1) is 12.1 Å². The molecule has 1 heterocycles. The normalized spacial score (nSPS) is 30.7. The Morgan fingerprint density at radius 1 is 1.43 bits per heavy atom. The van der Waals surface area contributed by atoms with Gasteiger partial charge in [0.25, 0.3) is 0 Å². The van der Waals surface area contributed by atoms with E-state index in [9.17, 15) is 5.11 Å². The SMILES string of the molecule is CC1(CCl)CCC(Cc2cccc(Cl)c2)C1(O)Cn1cncn1. The summed E-state index contributed by atoms with van der Waals surface area (Å²) in [7, 11) is 0. The lowest BCUT2D eigenvalue weighted by Crippen LogP contribution is -2.51. The van der Waals surface area contributed by atoms with Crippen molar-refractivity contribution < 1.29 is 5.11 Å². The van der Waals surface area contributed by atoms with Gasteiger partial charge in [-0.05, 0) is 42.9 Å². The van der Waals surface area contributed by atoms with Crippen LogP contribution < -0.4 is 0 Å². The zero-order chi connectivity index (χ0) is 16.5. The van der Waals surface area contributed by atoms with Crippen LogP contribution in [-0.2, 0) is 13.0 Å². The van der Waals surface area contributed by atoms with Crippen LogP contribution in [0.15, 0.2) is 36.9 Å². The van der Waals surface area contributed by atoms with Gasteiger partial charge in [0, 0.05) is 16.3 Å². The predicted octanol–water partition coefficient (Wildman–Crippen LogP) is 3.56. The first-order chi connectivity index (χ1) is 11.0. The van der Waals surface area contributed by atoms with Gasteiger partial charge in [0.15, 0.2) is 0 Å². The summed E-state index contributed by atoms with van der Waals surface area (Å²) in [5.41, 5.74) is -0.132. The number of halogens is 2. The standard InChI is InChI=1S/C17H21Cl2N3O/c1-16(9-18)6-5-14(7-13-3-2-4-15(19)8-13)17(16,23)10-22-12-20-11-21-22/h2-4,8,11-12,14,23H,5-7,9-10H2,1H3. The summed E-state index contributed by atoms with van der Waals surface area (Å²) in [6.45, 7) is 2.47. The van der Waals surface area contributed by atoms with E-state index >= 15 is 0 Å². The van der Waals surface area contributed by atoms with Crippen molar-refractivity contribution in [2.75, 3.05) is 5.88 Å². The van der Waals surface area contributed by atoms with Crippen LogP contribution in [0.4, 0.5) is 0 Å². The maximum atomic E-state index is 11.6. The first kappa shape index (κ1) is 16.7. The minimum Gasteiger partial charge on any atom is -0.387 e. The summed E-state index contributed by atoms with van der Waals surface area (Å²) in [6, 6.07) is 7.83. The third kappa shape index (κ3) is 3.12. The molecule has 1 N–H and O–H groups in total. The van der Waals surface area contributed by atoms with Crippen molar-refractivity contribution in [3.05, 3.63) is 47.5 Å². The van der Waals surface area contributed by atoms with E-state index < -0.39 is 5.60 Å². The van der Waals surface area contributed by atoms with Gasteiger partial charge in [-0.1, -0.05) is 30.7 Å². The highest BCUT2D eigenvalue weighted by atomic mass is 35.5. The molecule has 0 radical (unpaired) electrons. The van der Waals surface area contributed by atoms with Gasteiger partial charge in [-0.3, -0.25) is 4.68 Å². The van der Waals surface area contributed by atoms with Crippen molar-refractivity contribution >= 4 is 23.2 Å². The number of rotatable bonds is 5.